The Labute approximate surface area is 225 Å². The first kappa shape index (κ1) is 22.9. The van der Waals surface area contributed by atoms with Crippen LogP contribution in [0.5, 0.6) is 0 Å². The van der Waals surface area contributed by atoms with Gasteiger partial charge in [0.05, 0.1) is 5.69 Å². The van der Waals surface area contributed by atoms with Crippen LogP contribution in [0.15, 0.2) is 140 Å². The molecule has 3 nitrogen and oxygen atoms in total. The van der Waals surface area contributed by atoms with E-state index in [2.05, 4.69) is 12.1 Å². The number of fused-ring (bicyclic) bond motifs is 6. The fraction of sp³-hybridized carbons (Fsp3) is 0. The zero-order valence-electron chi connectivity index (χ0n) is 21.0. The molecule has 0 heterocycles. The molecule has 0 aliphatic heterocycles. The van der Waals surface area contributed by atoms with Crippen molar-refractivity contribution in [2.75, 3.05) is 4.90 Å². The van der Waals surface area contributed by atoms with Crippen LogP contribution in [0.3, 0.4) is 0 Å². The van der Waals surface area contributed by atoms with Gasteiger partial charge in [-0.2, -0.15) is 0 Å². The number of anilines is 1. The number of rotatable bonds is 3. The summed E-state index contributed by atoms with van der Waals surface area (Å²) in [5, 5.41) is 7.65. The molecular weight excluding hydrogens is 478 g/mol. The Kier molecular flexibility index (Phi) is 5.42. The zero-order valence-corrected chi connectivity index (χ0v) is 21.0. The van der Waals surface area contributed by atoms with Crippen LogP contribution in [0.1, 0.15) is 20.7 Å². The Morgan fingerprint density at radius 1 is 0.385 bits per heavy atom. The molecule has 0 saturated heterocycles. The summed E-state index contributed by atoms with van der Waals surface area (Å²) < 4.78 is 0. The van der Waals surface area contributed by atoms with Gasteiger partial charge in [-0.3, -0.25) is 9.59 Å². The average Bonchev–Trinajstić information content (AvgIpc) is 3.01. The minimum Gasteiger partial charge on any atom is -0.268 e. The van der Waals surface area contributed by atoms with Crippen molar-refractivity contribution in [3.63, 3.8) is 0 Å². The molecule has 7 aromatic carbocycles. The average molecular weight is 502 g/mol. The molecule has 2 amide bonds. The minimum absolute atomic E-state index is 0.356. The first-order valence-corrected chi connectivity index (χ1v) is 13.0. The maximum Gasteiger partial charge on any atom is 0.265 e. The summed E-state index contributed by atoms with van der Waals surface area (Å²) in [6.07, 6.45) is 0. The van der Waals surface area contributed by atoms with Gasteiger partial charge in [-0.15, -0.1) is 0 Å². The van der Waals surface area contributed by atoms with Gasteiger partial charge in [0.2, 0.25) is 0 Å². The molecule has 7 aromatic rings. The molecule has 0 N–H and O–H groups in total. The van der Waals surface area contributed by atoms with E-state index in [-0.39, 0.29) is 11.8 Å². The van der Waals surface area contributed by atoms with Gasteiger partial charge in [-0.05, 0) is 67.4 Å². The van der Waals surface area contributed by atoms with E-state index < -0.39 is 0 Å². The first-order valence-electron chi connectivity index (χ1n) is 13.0. The summed E-state index contributed by atoms with van der Waals surface area (Å²) in [5.41, 5.74) is 1.51. The molecule has 0 aliphatic rings. The summed E-state index contributed by atoms with van der Waals surface area (Å²) in [5.74, 6) is -0.712. The minimum atomic E-state index is -0.356. The number of amides is 2. The number of hydrogen-bond donors (Lipinski definition) is 0. The Morgan fingerprint density at radius 2 is 0.744 bits per heavy atom. The maximum absolute atomic E-state index is 14.5. The SMILES string of the molecule is O=C(c1cc2ccccc2c2ccccc12)N(C(=O)c1cc2ccccc2c2ccccc12)c1ccccc1. The fourth-order valence-corrected chi connectivity index (χ4v) is 5.61. The lowest BCUT2D eigenvalue weighted by Gasteiger charge is -2.23. The van der Waals surface area contributed by atoms with Gasteiger partial charge in [0.15, 0.2) is 0 Å². The van der Waals surface area contributed by atoms with Gasteiger partial charge in [-0.1, -0.05) is 115 Å². The summed E-state index contributed by atoms with van der Waals surface area (Å²) >= 11 is 0. The molecule has 3 heteroatoms. The first-order chi connectivity index (χ1) is 19.2. The van der Waals surface area contributed by atoms with Gasteiger partial charge < -0.3 is 0 Å². The quantitative estimate of drug-likeness (QED) is 0.179. The second-order valence-corrected chi connectivity index (χ2v) is 9.66. The lowest BCUT2D eigenvalue weighted by atomic mass is 9.95. The second-order valence-electron chi connectivity index (χ2n) is 9.66. The van der Waals surface area contributed by atoms with Crippen molar-refractivity contribution in [2.24, 2.45) is 0 Å². The molecule has 0 unspecified atom stereocenters. The number of para-hydroxylation sites is 1. The largest absolute Gasteiger partial charge is 0.268 e. The highest BCUT2D eigenvalue weighted by molar-refractivity contribution is 6.33. The van der Waals surface area contributed by atoms with E-state index in [0.717, 1.165) is 43.1 Å². The Balaban J connectivity index is 1.48. The molecule has 0 spiro atoms. The molecule has 0 saturated carbocycles. The van der Waals surface area contributed by atoms with Crippen LogP contribution in [0.25, 0.3) is 43.1 Å². The van der Waals surface area contributed by atoms with Crippen LogP contribution < -0.4 is 4.90 Å². The van der Waals surface area contributed by atoms with Crippen molar-refractivity contribution in [3.05, 3.63) is 151 Å². The Hall–Kier alpha value is -5.28. The third kappa shape index (κ3) is 3.75. The van der Waals surface area contributed by atoms with E-state index in [1.165, 1.54) is 4.90 Å². The summed E-state index contributed by atoms with van der Waals surface area (Å²) in [6.45, 7) is 0. The summed E-state index contributed by atoms with van der Waals surface area (Å²) in [4.78, 5) is 30.4. The van der Waals surface area contributed by atoms with Gasteiger partial charge in [0, 0.05) is 11.1 Å². The molecule has 0 fully saturated rings. The van der Waals surface area contributed by atoms with Gasteiger partial charge in [0.25, 0.3) is 11.8 Å². The van der Waals surface area contributed by atoms with Crippen LogP contribution in [0.4, 0.5) is 5.69 Å². The van der Waals surface area contributed by atoms with E-state index in [4.69, 9.17) is 0 Å². The molecule has 184 valence electrons. The highest BCUT2D eigenvalue weighted by Gasteiger charge is 2.29. The van der Waals surface area contributed by atoms with Crippen LogP contribution in [0.2, 0.25) is 0 Å². The fourth-order valence-electron chi connectivity index (χ4n) is 5.61. The van der Waals surface area contributed by atoms with Crippen LogP contribution >= 0.6 is 0 Å². The van der Waals surface area contributed by atoms with Crippen molar-refractivity contribution < 1.29 is 9.59 Å². The molecule has 39 heavy (non-hydrogen) atoms. The molecule has 0 atom stereocenters. The number of nitrogens with zero attached hydrogens (tertiary/aromatic N) is 1. The number of carbonyl (C=O) groups excluding carboxylic acids is 2. The molecule has 0 bridgehead atoms. The van der Waals surface area contributed by atoms with E-state index in [1.807, 2.05) is 127 Å². The predicted octanol–water partition coefficient (Wildman–Crippen LogP) is 8.79. The van der Waals surface area contributed by atoms with Gasteiger partial charge in [-0.25, -0.2) is 4.90 Å². The van der Waals surface area contributed by atoms with Crippen LogP contribution in [-0.2, 0) is 0 Å². The van der Waals surface area contributed by atoms with Crippen molar-refractivity contribution in [1.29, 1.82) is 0 Å². The van der Waals surface area contributed by atoms with Gasteiger partial charge >= 0.3 is 0 Å². The smallest absolute Gasteiger partial charge is 0.265 e. The third-order valence-corrected chi connectivity index (χ3v) is 7.42. The Morgan fingerprint density at radius 3 is 1.21 bits per heavy atom. The van der Waals surface area contributed by atoms with E-state index >= 15 is 0 Å². The van der Waals surface area contributed by atoms with Crippen LogP contribution in [0, 0.1) is 0 Å². The lowest BCUT2D eigenvalue weighted by Crippen LogP contribution is -2.37. The number of imide groups is 1. The lowest BCUT2D eigenvalue weighted by molar-refractivity contribution is 0.0899. The predicted molar refractivity (Wildman–Crippen MR) is 160 cm³/mol. The van der Waals surface area contributed by atoms with Crippen molar-refractivity contribution in [3.8, 4) is 0 Å². The normalized spacial score (nSPS) is 11.3. The van der Waals surface area contributed by atoms with E-state index in [1.54, 1.807) is 0 Å². The standard InChI is InChI=1S/C36H23NO2/c38-35(33-22-24-12-4-6-16-27(24)29-18-8-10-20-31(29)33)37(26-14-2-1-3-15-26)36(39)34-23-25-13-5-7-17-28(25)30-19-9-11-21-32(30)34/h1-23H. The van der Waals surface area contributed by atoms with Crippen molar-refractivity contribution >= 4 is 60.6 Å². The second kappa shape index (κ2) is 9.23. The van der Waals surface area contributed by atoms with Crippen molar-refractivity contribution in [1.82, 2.24) is 0 Å². The summed E-state index contributed by atoms with van der Waals surface area (Å²) in [7, 11) is 0. The number of carbonyl (C=O) groups is 2. The topological polar surface area (TPSA) is 37.4 Å². The summed E-state index contributed by atoms with van der Waals surface area (Å²) in [6, 6.07) is 44.8. The highest BCUT2D eigenvalue weighted by Crippen LogP contribution is 2.33. The zero-order chi connectivity index (χ0) is 26.3. The van der Waals surface area contributed by atoms with E-state index in [9.17, 15) is 9.59 Å². The highest BCUT2D eigenvalue weighted by atomic mass is 16.2. The monoisotopic (exact) mass is 501 g/mol. The molecular formula is C36H23NO2. The molecule has 0 radical (unpaired) electrons. The number of benzene rings is 7. The Bertz CT molecular complexity index is 1930. The maximum atomic E-state index is 14.5. The van der Waals surface area contributed by atoms with Crippen molar-refractivity contribution in [2.45, 2.75) is 0 Å². The molecule has 7 rings (SSSR count). The van der Waals surface area contributed by atoms with E-state index in [0.29, 0.717) is 16.8 Å². The number of hydrogen-bond acceptors (Lipinski definition) is 2. The molecule has 0 aliphatic carbocycles. The third-order valence-electron chi connectivity index (χ3n) is 7.42. The molecule has 0 aromatic heterocycles. The van der Waals surface area contributed by atoms with Crippen LogP contribution in [-0.4, -0.2) is 11.8 Å². The van der Waals surface area contributed by atoms with Gasteiger partial charge in [0.1, 0.15) is 0 Å².